The summed E-state index contributed by atoms with van der Waals surface area (Å²) in [5.74, 6) is -1.38. The number of ether oxygens (including phenoxy) is 1. The van der Waals surface area contributed by atoms with Gasteiger partial charge in [-0.2, -0.15) is 0 Å². The first-order valence-corrected chi connectivity index (χ1v) is 10.5. The highest BCUT2D eigenvalue weighted by Crippen LogP contribution is 2.20. The van der Waals surface area contributed by atoms with E-state index >= 15 is 0 Å². The maximum Gasteiger partial charge on any atom is 0.264 e. The van der Waals surface area contributed by atoms with Crippen LogP contribution < -0.4 is 15.8 Å². The number of aryl methyl sites for hydroxylation is 1. The first kappa shape index (κ1) is 23.2. The monoisotopic (exact) mass is 442 g/mol. The number of carbonyl (C=O) groups is 3. The predicted octanol–water partition coefficient (Wildman–Crippen LogP) is 1.27. The maximum absolute atomic E-state index is 13.9. The molecule has 3 rings (SSSR count). The topological polar surface area (TPSA) is 91.0 Å². The van der Waals surface area contributed by atoms with E-state index < -0.39 is 5.91 Å². The van der Waals surface area contributed by atoms with E-state index in [0.717, 1.165) is 5.56 Å². The summed E-state index contributed by atoms with van der Waals surface area (Å²) >= 11 is 0. The average molecular weight is 442 g/mol. The van der Waals surface area contributed by atoms with E-state index in [1.807, 2.05) is 35.2 Å². The molecule has 2 aromatic rings. The summed E-state index contributed by atoms with van der Waals surface area (Å²) in [6, 6.07) is 16.1. The quantitative estimate of drug-likeness (QED) is 0.601. The number of carbonyl (C=O) groups excluding carboxylic acids is 3. The molecule has 2 aromatic carbocycles. The fraction of sp³-hybridized carbons (Fsp3) is 0.348. The van der Waals surface area contributed by atoms with Gasteiger partial charge in [0.25, 0.3) is 5.91 Å². The molecular weight excluding hydrogens is 415 g/mol. The standard InChI is InChI=1S/C23H27FN4O4/c24-19-8-4-5-9-20(19)27-12-14-28(15-13-27)23(31)17-32-16-22(30)26-25-21(29)11-10-18-6-2-1-3-7-18/h1-9H,10-17H2,(H,25,29)(H,26,30). The number of amides is 3. The molecule has 1 heterocycles. The molecule has 0 radical (unpaired) electrons. The first-order valence-electron chi connectivity index (χ1n) is 10.5. The maximum atomic E-state index is 13.9. The molecule has 0 atom stereocenters. The van der Waals surface area contributed by atoms with E-state index in [0.29, 0.717) is 38.3 Å². The van der Waals surface area contributed by atoms with E-state index in [9.17, 15) is 18.8 Å². The normalized spacial score (nSPS) is 13.5. The van der Waals surface area contributed by atoms with Crippen LogP contribution in [-0.4, -0.2) is 62.0 Å². The zero-order valence-corrected chi connectivity index (χ0v) is 17.8. The Morgan fingerprint density at radius 1 is 0.844 bits per heavy atom. The second-order valence-corrected chi connectivity index (χ2v) is 7.39. The van der Waals surface area contributed by atoms with Crippen LogP contribution >= 0.6 is 0 Å². The minimum Gasteiger partial charge on any atom is -0.366 e. The van der Waals surface area contributed by atoms with Gasteiger partial charge in [-0.1, -0.05) is 42.5 Å². The van der Waals surface area contributed by atoms with Gasteiger partial charge in [-0.05, 0) is 24.1 Å². The van der Waals surface area contributed by atoms with Crippen LogP contribution in [0.2, 0.25) is 0 Å². The molecule has 0 spiro atoms. The molecule has 0 aromatic heterocycles. The molecule has 2 N–H and O–H groups in total. The van der Waals surface area contributed by atoms with Gasteiger partial charge in [0.15, 0.2) is 0 Å². The summed E-state index contributed by atoms with van der Waals surface area (Å²) in [5, 5.41) is 0. The van der Waals surface area contributed by atoms with Crippen LogP contribution in [0.4, 0.5) is 10.1 Å². The molecule has 1 aliphatic heterocycles. The minimum absolute atomic E-state index is 0.238. The van der Waals surface area contributed by atoms with Crippen molar-refractivity contribution in [3.8, 4) is 0 Å². The van der Waals surface area contributed by atoms with Crippen molar-refractivity contribution in [2.24, 2.45) is 0 Å². The number of hydrogen-bond acceptors (Lipinski definition) is 5. The Kier molecular flexibility index (Phi) is 8.56. The van der Waals surface area contributed by atoms with Gasteiger partial charge in [-0.25, -0.2) is 4.39 Å². The van der Waals surface area contributed by atoms with Gasteiger partial charge in [-0.15, -0.1) is 0 Å². The van der Waals surface area contributed by atoms with Gasteiger partial charge in [0.2, 0.25) is 11.8 Å². The SMILES string of the molecule is O=C(CCc1ccccc1)NNC(=O)COCC(=O)N1CCN(c2ccccc2F)CC1. The molecule has 1 aliphatic rings. The van der Waals surface area contributed by atoms with E-state index in [1.54, 1.807) is 23.1 Å². The average Bonchev–Trinajstić information content (AvgIpc) is 2.82. The zero-order valence-electron chi connectivity index (χ0n) is 17.8. The Hall–Kier alpha value is -3.46. The number of anilines is 1. The van der Waals surface area contributed by atoms with Crippen LogP contribution in [0.5, 0.6) is 0 Å². The van der Waals surface area contributed by atoms with Crippen molar-refractivity contribution < 1.29 is 23.5 Å². The highest BCUT2D eigenvalue weighted by Gasteiger charge is 2.22. The molecule has 32 heavy (non-hydrogen) atoms. The van der Waals surface area contributed by atoms with Crippen molar-refractivity contribution in [1.82, 2.24) is 15.8 Å². The van der Waals surface area contributed by atoms with E-state index in [2.05, 4.69) is 10.9 Å². The number of hydrazine groups is 1. The largest absolute Gasteiger partial charge is 0.366 e. The number of piperazine rings is 1. The number of rotatable bonds is 8. The molecule has 1 fully saturated rings. The van der Waals surface area contributed by atoms with Crippen LogP contribution in [-0.2, 0) is 25.5 Å². The Morgan fingerprint density at radius 3 is 2.22 bits per heavy atom. The summed E-state index contributed by atoms with van der Waals surface area (Å²) in [5.41, 5.74) is 6.16. The van der Waals surface area contributed by atoms with Gasteiger partial charge in [-0.3, -0.25) is 25.2 Å². The number of nitrogens with zero attached hydrogens (tertiary/aromatic N) is 2. The van der Waals surface area contributed by atoms with Gasteiger partial charge in [0.05, 0.1) is 5.69 Å². The van der Waals surface area contributed by atoms with Crippen LogP contribution in [0.15, 0.2) is 54.6 Å². The Morgan fingerprint density at radius 2 is 1.50 bits per heavy atom. The number of para-hydroxylation sites is 1. The van der Waals surface area contributed by atoms with Crippen LogP contribution in [0.3, 0.4) is 0 Å². The molecule has 0 aliphatic carbocycles. The van der Waals surface area contributed by atoms with Crippen molar-refractivity contribution >= 4 is 23.4 Å². The number of hydrogen-bond donors (Lipinski definition) is 2. The lowest BCUT2D eigenvalue weighted by molar-refractivity contribution is -0.139. The Labute approximate surface area is 186 Å². The highest BCUT2D eigenvalue weighted by atomic mass is 19.1. The third-order valence-corrected chi connectivity index (χ3v) is 5.11. The third-order valence-electron chi connectivity index (χ3n) is 5.11. The molecular formula is C23H27FN4O4. The summed E-state index contributed by atoms with van der Waals surface area (Å²) in [6.07, 6.45) is 0.806. The molecule has 0 unspecified atom stereocenters. The molecule has 8 nitrogen and oxygen atoms in total. The first-order chi connectivity index (χ1) is 15.5. The molecule has 9 heteroatoms. The zero-order chi connectivity index (χ0) is 22.8. The molecule has 0 saturated carbocycles. The van der Waals surface area contributed by atoms with Crippen molar-refractivity contribution in [3.05, 3.63) is 66.0 Å². The lowest BCUT2D eigenvalue weighted by Crippen LogP contribution is -2.50. The summed E-state index contributed by atoms with van der Waals surface area (Å²) in [6.45, 7) is 1.33. The summed E-state index contributed by atoms with van der Waals surface area (Å²) < 4.78 is 19.1. The van der Waals surface area contributed by atoms with E-state index in [-0.39, 0.29) is 37.3 Å². The second-order valence-electron chi connectivity index (χ2n) is 7.39. The summed E-state index contributed by atoms with van der Waals surface area (Å²) in [7, 11) is 0. The number of nitrogens with one attached hydrogen (secondary N) is 2. The van der Waals surface area contributed by atoms with Gasteiger partial charge in [0, 0.05) is 32.6 Å². The van der Waals surface area contributed by atoms with Gasteiger partial charge in [0.1, 0.15) is 19.0 Å². The van der Waals surface area contributed by atoms with E-state index in [4.69, 9.17) is 4.74 Å². The summed E-state index contributed by atoms with van der Waals surface area (Å²) in [4.78, 5) is 39.4. The van der Waals surface area contributed by atoms with Crippen LogP contribution in [0, 0.1) is 5.82 Å². The fourth-order valence-corrected chi connectivity index (χ4v) is 3.37. The molecule has 170 valence electrons. The Bertz CT molecular complexity index is 917. The molecule has 0 bridgehead atoms. The predicted molar refractivity (Wildman–Crippen MR) is 117 cm³/mol. The highest BCUT2D eigenvalue weighted by molar-refractivity contribution is 5.83. The number of halogens is 1. The van der Waals surface area contributed by atoms with Crippen LogP contribution in [0.1, 0.15) is 12.0 Å². The van der Waals surface area contributed by atoms with Crippen LogP contribution in [0.25, 0.3) is 0 Å². The van der Waals surface area contributed by atoms with E-state index in [1.165, 1.54) is 6.07 Å². The molecule has 1 saturated heterocycles. The third kappa shape index (κ3) is 7.05. The number of benzene rings is 2. The fourth-order valence-electron chi connectivity index (χ4n) is 3.37. The minimum atomic E-state index is -0.546. The lowest BCUT2D eigenvalue weighted by atomic mass is 10.1. The Balaban J connectivity index is 1.28. The molecule has 3 amide bonds. The van der Waals surface area contributed by atoms with Crippen molar-refractivity contribution in [2.75, 3.05) is 44.3 Å². The smallest absolute Gasteiger partial charge is 0.264 e. The lowest BCUT2D eigenvalue weighted by Gasteiger charge is -2.36. The van der Waals surface area contributed by atoms with Crippen molar-refractivity contribution in [3.63, 3.8) is 0 Å². The van der Waals surface area contributed by atoms with Crippen molar-refractivity contribution in [1.29, 1.82) is 0 Å². The van der Waals surface area contributed by atoms with Gasteiger partial charge >= 0.3 is 0 Å². The second kappa shape index (κ2) is 11.8. The van der Waals surface area contributed by atoms with Crippen molar-refractivity contribution in [2.45, 2.75) is 12.8 Å². The van der Waals surface area contributed by atoms with Gasteiger partial charge < -0.3 is 14.5 Å².